The van der Waals surface area contributed by atoms with Gasteiger partial charge in [-0.25, -0.2) is 10.5 Å². The minimum atomic E-state index is -1.40. The van der Waals surface area contributed by atoms with Gasteiger partial charge in [-0.2, -0.15) is 0 Å². The van der Waals surface area contributed by atoms with Gasteiger partial charge in [0.25, 0.3) is 0 Å². The third kappa shape index (κ3) is 5.60. The maximum absolute atomic E-state index is 12.5. The number of nitrogens with one attached hydrogen (secondary N) is 1. The van der Waals surface area contributed by atoms with E-state index in [2.05, 4.69) is 10.5 Å². The fourth-order valence-corrected chi connectivity index (χ4v) is 3.49. The van der Waals surface area contributed by atoms with E-state index in [1.165, 1.54) is 0 Å². The molecule has 2 heterocycles. The maximum Gasteiger partial charge on any atom is 0.303 e. The third-order valence-corrected chi connectivity index (χ3v) is 5.56. The summed E-state index contributed by atoms with van der Waals surface area (Å²) in [5, 5.41) is 0. The number of hydrogen-bond donors (Lipinski definition) is 1. The van der Waals surface area contributed by atoms with Gasteiger partial charge in [0.1, 0.15) is 11.5 Å². The van der Waals surface area contributed by atoms with Crippen molar-refractivity contribution in [2.75, 3.05) is 20.3 Å². The van der Waals surface area contributed by atoms with Crippen LogP contribution in [0.5, 0.6) is 5.75 Å². The number of ether oxygens (including phenoxy) is 3. The fourth-order valence-electron chi connectivity index (χ4n) is 3.49. The minimum Gasteiger partial charge on any atom is -0.497 e. The first-order chi connectivity index (χ1) is 16.0. The van der Waals surface area contributed by atoms with E-state index in [4.69, 9.17) is 23.5 Å². The number of rotatable bonds is 8. The Morgan fingerprint density at radius 2 is 1.82 bits per heavy atom. The van der Waals surface area contributed by atoms with E-state index in [-0.39, 0.29) is 12.5 Å². The van der Waals surface area contributed by atoms with Gasteiger partial charge < -0.3 is 18.6 Å². The van der Waals surface area contributed by atoms with Crippen LogP contribution in [0.1, 0.15) is 23.9 Å². The highest BCUT2D eigenvalue weighted by Gasteiger charge is 2.41. The topological polar surface area (TPSA) is 92.1 Å². The molecule has 4 rings (SSSR count). The number of carbonyl (C=O) groups is 1. The van der Waals surface area contributed by atoms with E-state index >= 15 is 0 Å². The Morgan fingerprint density at radius 3 is 2.48 bits per heavy atom. The molecule has 1 aliphatic heterocycles. The molecule has 33 heavy (non-hydrogen) atoms. The number of nitrogens with zero attached hydrogens (tertiary/aromatic N) is 1. The molecule has 8 nitrogen and oxygen atoms in total. The molecule has 1 aliphatic rings. The summed E-state index contributed by atoms with van der Waals surface area (Å²) in [6.45, 7) is 4.45. The van der Waals surface area contributed by atoms with Crippen molar-refractivity contribution in [2.45, 2.75) is 32.7 Å². The van der Waals surface area contributed by atoms with Crippen LogP contribution in [-0.2, 0) is 32.1 Å². The SMILES string of the molecule is COc1ccc(-c2nc(CC3COC(C)(C(=O)NOCc4ccccc4)OC3)c(C)o2)cc1. The van der Waals surface area contributed by atoms with Crippen LogP contribution in [0.25, 0.3) is 11.5 Å². The van der Waals surface area contributed by atoms with Crippen molar-refractivity contribution in [2.24, 2.45) is 5.92 Å². The zero-order chi connectivity index (χ0) is 23.3. The molecule has 0 radical (unpaired) electrons. The molecule has 1 saturated heterocycles. The van der Waals surface area contributed by atoms with Gasteiger partial charge in [-0.15, -0.1) is 0 Å². The zero-order valence-electron chi connectivity index (χ0n) is 19.0. The second kappa shape index (κ2) is 10.2. The minimum absolute atomic E-state index is 0.0450. The molecule has 8 heteroatoms. The van der Waals surface area contributed by atoms with Gasteiger partial charge in [0.15, 0.2) is 0 Å². The largest absolute Gasteiger partial charge is 0.497 e. The maximum atomic E-state index is 12.5. The summed E-state index contributed by atoms with van der Waals surface area (Å²) >= 11 is 0. The molecular weight excluding hydrogens is 424 g/mol. The van der Waals surface area contributed by atoms with Crippen LogP contribution >= 0.6 is 0 Å². The lowest BCUT2D eigenvalue weighted by molar-refractivity contribution is -0.265. The van der Waals surface area contributed by atoms with Gasteiger partial charge in [0.2, 0.25) is 11.7 Å². The zero-order valence-corrected chi connectivity index (χ0v) is 19.0. The summed E-state index contributed by atoms with van der Waals surface area (Å²) in [4.78, 5) is 22.5. The molecule has 0 atom stereocenters. The van der Waals surface area contributed by atoms with Crippen LogP contribution < -0.4 is 10.2 Å². The van der Waals surface area contributed by atoms with Gasteiger partial charge in [-0.1, -0.05) is 30.3 Å². The van der Waals surface area contributed by atoms with E-state index in [9.17, 15) is 4.79 Å². The number of hydroxylamine groups is 1. The summed E-state index contributed by atoms with van der Waals surface area (Å²) in [6, 6.07) is 17.1. The van der Waals surface area contributed by atoms with Gasteiger partial charge in [0, 0.05) is 17.9 Å². The van der Waals surface area contributed by atoms with Gasteiger partial charge in [-0.05, 0) is 43.7 Å². The molecule has 3 aromatic rings. The lowest BCUT2D eigenvalue weighted by Gasteiger charge is -2.35. The average Bonchev–Trinajstić information content (AvgIpc) is 3.21. The summed E-state index contributed by atoms with van der Waals surface area (Å²) in [6.07, 6.45) is 0.619. The first-order valence-electron chi connectivity index (χ1n) is 10.8. The fraction of sp³-hybridized carbons (Fsp3) is 0.360. The predicted octanol–water partition coefficient (Wildman–Crippen LogP) is 3.83. The number of aromatic nitrogens is 1. The summed E-state index contributed by atoms with van der Waals surface area (Å²) < 4.78 is 22.6. The van der Waals surface area contributed by atoms with Crippen LogP contribution in [0.3, 0.4) is 0 Å². The normalized spacial score (nSPS) is 20.4. The molecular formula is C25H28N2O6. The lowest BCUT2D eigenvalue weighted by Crippen LogP contribution is -2.53. The van der Waals surface area contributed by atoms with Crippen LogP contribution in [0.2, 0.25) is 0 Å². The molecule has 0 unspecified atom stereocenters. The quantitative estimate of drug-likeness (QED) is 0.519. The molecule has 1 amide bonds. The first kappa shape index (κ1) is 23.0. The number of aryl methyl sites for hydroxylation is 1. The molecule has 0 aliphatic carbocycles. The monoisotopic (exact) mass is 452 g/mol. The van der Waals surface area contributed by atoms with Gasteiger partial charge in [0.05, 0.1) is 32.6 Å². The van der Waals surface area contributed by atoms with Gasteiger partial charge in [-0.3, -0.25) is 9.63 Å². The Kier molecular flexibility index (Phi) is 7.08. The molecule has 2 aromatic carbocycles. The van der Waals surface area contributed by atoms with Crippen LogP contribution in [0, 0.1) is 12.8 Å². The highest BCUT2D eigenvalue weighted by Crippen LogP contribution is 2.28. The van der Waals surface area contributed by atoms with Crippen molar-refractivity contribution in [1.82, 2.24) is 10.5 Å². The molecule has 0 bridgehead atoms. The Bertz CT molecular complexity index is 1060. The Labute approximate surface area is 192 Å². The van der Waals surface area contributed by atoms with Crippen molar-refractivity contribution in [3.63, 3.8) is 0 Å². The molecule has 1 fully saturated rings. The lowest BCUT2D eigenvalue weighted by atomic mass is 10.0. The molecule has 1 aromatic heterocycles. The van der Waals surface area contributed by atoms with Crippen molar-refractivity contribution in [3.8, 4) is 17.2 Å². The number of amides is 1. The number of carbonyl (C=O) groups excluding carboxylic acids is 1. The highest BCUT2D eigenvalue weighted by molar-refractivity contribution is 5.82. The number of benzene rings is 2. The highest BCUT2D eigenvalue weighted by atomic mass is 16.7. The molecule has 174 valence electrons. The van der Waals surface area contributed by atoms with Crippen molar-refractivity contribution >= 4 is 5.91 Å². The van der Waals surface area contributed by atoms with Gasteiger partial charge >= 0.3 is 5.91 Å². The van der Waals surface area contributed by atoms with Crippen LogP contribution in [-0.4, -0.2) is 37.0 Å². The van der Waals surface area contributed by atoms with E-state index in [0.29, 0.717) is 25.5 Å². The number of oxazole rings is 1. The van der Waals surface area contributed by atoms with Crippen LogP contribution in [0.15, 0.2) is 59.0 Å². The first-order valence-corrected chi connectivity index (χ1v) is 10.8. The summed E-state index contributed by atoms with van der Waals surface area (Å²) in [7, 11) is 1.63. The van der Waals surface area contributed by atoms with E-state index in [1.807, 2.05) is 61.5 Å². The summed E-state index contributed by atoms with van der Waals surface area (Å²) in [5.74, 6) is 0.250. The second-order valence-corrected chi connectivity index (χ2v) is 8.09. The van der Waals surface area contributed by atoms with E-state index in [1.54, 1.807) is 14.0 Å². The predicted molar refractivity (Wildman–Crippen MR) is 120 cm³/mol. The van der Waals surface area contributed by atoms with Crippen molar-refractivity contribution < 1.29 is 28.3 Å². The number of hydrogen-bond acceptors (Lipinski definition) is 7. The molecule has 1 N–H and O–H groups in total. The average molecular weight is 453 g/mol. The van der Waals surface area contributed by atoms with Crippen molar-refractivity contribution in [1.29, 1.82) is 0 Å². The van der Waals surface area contributed by atoms with Crippen molar-refractivity contribution in [3.05, 3.63) is 71.6 Å². The second-order valence-electron chi connectivity index (χ2n) is 8.09. The third-order valence-electron chi connectivity index (χ3n) is 5.56. The smallest absolute Gasteiger partial charge is 0.303 e. The Balaban J connectivity index is 1.28. The van der Waals surface area contributed by atoms with E-state index < -0.39 is 11.7 Å². The standard InChI is InChI=1S/C25H28N2O6/c1-17-22(26-23(33-17)20-9-11-21(29-3)12-10-20)13-19-14-30-25(2,31-15-19)24(28)27-32-16-18-7-5-4-6-8-18/h4-12,19H,13-16H2,1-3H3,(H,27,28). The van der Waals surface area contributed by atoms with E-state index in [0.717, 1.165) is 28.3 Å². The molecule has 0 spiro atoms. The Hall–Kier alpha value is -3.20. The summed E-state index contributed by atoms with van der Waals surface area (Å²) in [5.41, 5.74) is 5.09. The number of methoxy groups -OCH3 is 1. The van der Waals surface area contributed by atoms with Crippen LogP contribution in [0.4, 0.5) is 0 Å². The molecule has 0 saturated carbocycles. The Morgan fingerprint density at radius 1 is 1.12 bits per heavy atom.